The monoisotopic (exact) mass is 602 g/mol. The molecule has 1 saturated heterocycles. The van der Waals surface area contributed by atoms with Gasteiger partial charge < -0.3 is 30.5 Å². The number of aliphatic hydroxyl groups is 1. The van der Waals surface area contributed by atoms with Gasteiger partial charge in [0.2, 0.25) is 0 Å². The molecule has 0 bridgehead atoms. The number of amides is 2. The molecule has 1 aliphatic heterocycles. The molecule has 3 heterocycles. The lowest BCUT2D eigenvalue weighted by Crippen LogP contribution is -2.50. The van der Waals surface area contributed by atoms with Crippen LogP contribution in [0.1, 0.15) is 74.9 Å². The zero-order valence-corrected chi connectivity index (χ0v) is 25.9. The van der Waals surface area contributed by atoms with E-state index in [-0.39, 0.29) is 24.7 Å². The average molecular weight is 603 g/mol. The summed E-state index contributed by atoms with van der Waals surface area (Å²) in [6.45, 7) is 9.09. The number of benzene rings is 1. The van der Waals surface area contributed by atoms with Crippen LogP contribution in [0.3, 0.4) is 0 Å². The summed E-state index contributed by atoms with van der Waals surface area (Å²) in [5.41, 5.74) is 3.99. The number of hydrogen-bond acceptors (Lipinski definition) is 9. The first kappa shape index (κ1) is 31.4. The number of aromatic nitrogens is 2. The number of carbonyl (C=O) groups is 2. The normalized spacial score (nSPS) is 17.5. The largest absolute Gasteiger partial charge is 0.490 e. The third-order valence-electron chi connectivity index (χ3n) is 8.02. The molecule has 2 fully saturated rings. The summed E-state index contributed by atoms with van der Waals surface area (Å²) in [5.74, 6) is 1.10. The summed E-state index contributed by atoms with van der Waals surface area (Å²) >= 11 is 0. The minimum Gasteiger partial charge on any atom is -0.490 e. The molecule has 11 nitrogen and oxygen atoms in total. The lowest BCUT2D eigenvalue weighted by Gasteiger charge is -2.34. The molecule has 0 radical (unpaired) electrons. The molecule has 44 heavy (non-hydrogen) atoms. The van der Waals surface area contributed by atoms with E-state index in [2.05, 4.69) is 38.8 Å². The minimum absolute atomic E-state index is 0.108. The third kappa shape index (κ3) is 7.71. The van der Waals surface area contributed by atoms with Gasteiger partial charge >= 0.3 is 0 Å². The standard InChI is InChI=1S/C33H42N6O5/c1-20-14-29(44-30(19-39-10-9-35-22(3)18-39)28-8-7-24(16-36-28)23-5-6-23)27(32(41)34-4)15-26(20)33(42)38-31-21(2)13-25(17-37-31)43-12-11-40/h7-8,13-17,22-23,30,35,40H,5-6,9-12,18-19H2,1-4H3,(H,34,41)(H,37,38,42)/t22-,30-/m1/s1. The van der Waals surface area contributed by atoms with Gasteiger partial charge in [-0.25, -0.2) is 4.98 Å². The zero-order chi connectivity index (χ0) is 31.2. The Labute approximate surface area is 258 Å². The number of aryl methyl sites for hydroxylation is 2. The molecule has 0 unspecified atom stereocenters. The van der Waals surface area contributed by atoms with Crippen LogP contribution in [0.15, 0.2) is 42.7 Å². The molecule has 2 amide bonds. The second-order valence-electron chi connectivity index (χ2n) is 11.6. The number of nitrogens with one attached hydrogen (secondary N) is 3. The Morgan fingerprint density at radius 2 is 1.91 bits per heavy atom. The van der Waals surface area contributed by atoms with Crippen molar-refractivity contribution >= 4 is 17.6 Å². The molecule has 11 heteroatoms. The minimum atomic E-state index is -0.422. The summed E-state index contributed by atoms with van der Waals surface area (Å²) in [4.78, 5) is 38.0. The quantitative estimate of drug-likeness (QED) is 0.246. The third-order valence-corrected chi connectivity index (χ3v) is 8.02. The highest BCUT2D eigenvalue weighted by atomic mass is 16.5. The van der Waals surface area contributed by atoms with Gasteiger partial charge in [-0.3, -0.25) is 19.5 Å². The van der Waals surface area contributed by atoms with E-state index in [4.69, 9.17) is 19.6 Å². The number of carbonyl (C=O) groups excluding carboxylic acids is 2. The fraction of sp³-hybridized carbons (Fsp3) is 0.455. The number of rotatable bonds is 12. The maximum atomic E-state index is 13.4. The summed E-state index contributed by atoms with van der Waals surface area (Å²) in [7, 11) is 1.55. The van der Waals surface area contributed by atoms with Crippen molar-refractivity contribution in [2.75, 3.05) is 51.8 Å². The predicted molar refractivity (Wildman–Crippen MR) is 168 cm³/mol. The van der Waals surface area contributed by atoms with E-state index < -0.39 is 12.0 Å². The van der Waals surface area contributed by atoms with E-state index in [1.807, 2.05) is 19.2 Å². The fourth-order valence-electron chi connectivity index (χ4n) is 5.46. The number of ether oxygens (including phenoxy) is 2. The number of pyridine rings is 2. The second-order valence-corrected chi connectivity index (χ2v) is 11.6. The predicted octanol–water partition coefficient (Wildman–Crippen LogP) is 3.37. The molecule has 4 N–H and O–H groups in total. The van der Waals surface area contributed by atoms with E-state index in [0.29, 0.717) is 52.5 Å². The molecule has 1 aromatic carbocycles. The van der Waals surface area contributed by atoms with Crippen LogP contribution in [-0.4, -0.2) is 84.3 Å². The molecule has 1 saturated carbocycles. The number of hydrogen-bond donors (Lipinski definition) is 4. The Hall–Kier alpha value is -4.06. The highest BCUT2D eigenvalue weighted by Gasteiger charge is 2.28. The van der Waals surface area contributed by atoms with Crippen molar-refractivity contribution in [2.45, 2.75) is 51.7 Å². The summed E-state index contributed by atoms with van der Waals surface area (Å²) in [5, 5.41) is 18.0. The van der Waals surface area contributed by atoms with Crippen molar-refractivity contribution in [2.24, 2.45) is 0 Å². The van der Waals surface area contributed by atoms with Gasteiger partial charge in [0.15, 0.2) is 6.10 Å². The van der Waals surface area contributed by atoms with E-state index in [1.54, 1.807) is 32.2 Å². The van der Waals surface area contributed by atoms with Crippen LogP contribution in [0, 0.1) is 13.8 Å². The van der Waals surface area contributed by atoms with Gasteiger partial charge in [0.25, 0.3) is 11.8 Å². The van der Waals surface area contributed by atoms with E-state index >= 15 is 0 Å². The van der Waals surface area contributed by atoms with E-state index in [1.165, 1.54) is 24.6 Å². The van der Waals surface area contributed by atoms with Gasteiger partial charge in [0.1, 0.15) is 23.9 Å². The second kappa shape index (κ2) is 14.1. The number of aliphatic hydroxyl groups excluding tert-OH is 1. The van der Waals surface area contributed by atoms with Crippen molar-refractivity contribution in [3.63, 3.8) is 0 Å². The molecule has 1 aliphatic carbocycles. The lowest BCUT2D eigenvalue weighted by molar-refractivity contribution is 0.0935. The number of anilines is 1. The van der Waals surface area contributed by atoms with Crippen LogP contribution in [0.5, 0.6) is 11.5 Å². The fourth-order valence-corrected chi connectivity index (χ4v) is 5.46. The van der Waals surface area contributed by atoms with E-state index in [9.17, 15) is 9.59 Å². The molecule has 2 aromatic heterocycles. The Morgan fingerprint density at radius 3 is 2.57 bits per heavy atom. The van der Waals surface area contributed by atoms with Gasteiger partial charge in [-0.2, -0.15) is 0 Å². The molecule has 2 atom stereocenters. The first-order valence-corrected chi connectivity index (χ1v) is 15.2. The molecule has 2 aliphatic rings. The Balaban J connectivity index is 1.41. The Kier molecular flexibility index (Phi) is 10.1. The van der Waals surface area contributed by atoms with Crippen LogP contribution in [0.2, 0.25) is 0 Å². The molecule has 5 rings (SSSR count). The van der Waals surface area contributed by atoms with Crippen molar-refractivity contribution in [1.29, 1.82) is 0 Å². The lowest BCUT2D eigenvalue weighted by atomic mass is 10.0. The topological polar surface area (TPSA) is 138 Å². The van der Waals surface area contributed by atoms with Crippen LogP contribution in [-0.2, 0) is 0 Å². The number of nitrogens with zero attached hydrogens (tertiary/aromatic N) is 3. The summed E-state index contributed by atoms with van der Waals surface area (Å²) in [6.07, 6.45) is 5.42. The summed E-state index contributed by atoms with van der Waals surface area (Å²) in [6, 6.07) is 9.59. The molecule has 0 spiro atoms. The van der Waals surface area contributed by atoms with Gasteiger partial charge in [0.05, 0.1) is 24.1 Å². The Morgan fingerprint density at radius 1 is 1.09 bits per heavy atom. The van der Waals surface area contributed by atoms with Crippen LogP contribution in [0.4, 0.5) is 5.82 Å². The van der Waals surface area contributed by atoms with Gasteiger partial charge in [-0.15, -0.1) is 0 Å². The molecule has 3 aromatic rings. The average Bonchev–Trinajstić information content (AvgIpc) is 3.86. The molecular weight excluding hydrogens is 560 g/mol. The van der Waals surface area contributed by atoms with Crippen LogP contribution < -0.4 is 25.4 Å². The zero-order valence-electron chi connectivity index (χ0n) is 25.9. The first-order valence-electron chi connectivity index (χ1n) is 15.2. The summed E-state index contributed by atoms with van der Waals surface area (Å²) < 4.78 is 12.1. The Bertz CT molecular complexity index is 1480. The van der Waals surface area contributed by atoms with Gasteiger partial charge in [-0.05, 0) is 80.5 Å². The highest BCUT2D eigenvalue weighted by molar-refractivity contribution is 6.07. The molecular formula is C33H42N6O5. The van der Waals surface area contributed by atoms with E-state index in [0.717, 1.165) is 25.3 Å². The molecule has 234 valence electrons. The van der Waals surface area contributed by atoms with Gasteiger partial charge in [0, 0.05) is 51.0 Å². The first-order chi connectivity index (χ1) is 21.2. The van der Waals surface area contributed by atoms with Crippen molar-refractivity contribution in [3.8, 4) is 11.5 Å². The SMILES string of the molecule is CNC(=O)c1cc(C(=O)Nc2ncc(OCCO)cc2C)c(C)cc1O[C@H](CN1CCN[C@H](C)C1)c1ccc(C2CC2)cn1. The maximum absolute atomic E-state index is 13.4. The van der Waals surface area contributed by atoms with Crippen molar-refractivity contribution < 1.29 is 24.2 Å². The number of piperazine rings is 1. The highest BCUT2D eigenvalue weighted by Crippen LogP contribution is 2.40. The maximum Gasteiger partial charge on any atom is 0.257 e. The smallest absolute Gasteiger partial charge is 0.257 e. The van der Waals surface area contributed by atoms with Crippen molar-refractivity contribution in [1.82, 2.24) is 25.5 Å². The van der Waals surface area contributed by atoms with Crippen molar-refractivity contribution in [3.05, 3.63) is 76.2 Å². The van der Waals surface area contributed by atoms with Gasteiger partial charge in [-0.1, -0.05) is 6.07 Å². The van der Waals surface area contributed by atoms with Crippen LogP contribution in [0.25, 0.3) is 0 Å². The van der Waals surface area contributed by atoms with Crippen LogP contribution >= 0.6 is 0 Å².